The van der Waals surface area contributed by atoms with Crippen molar-refractivity contribution in [3.05, 3.63) is 60.7 Å². The average molecular weight is 334 g/mol. The Kier molecular flexibility index (Phi) is 7.80. The maximum absolute atomic E-state index is 9.87. The molecule has 2 rings (SSSR count). The molecule has 124 valence electrons. The maximum Gasteiger partial charge on any atom is 0.119 e. The second-order valence-electron chi connectivity index (χ2n) is 5.09. The number of rotatable bonds is 10. The lowest BCUT2D eigenvalue weighted by Gasteiger charge is -2.14. The van der Waals surface area contributed by atoms with Gasteiger partial charge >= 0.3 is 0 Å². The molecule has 0 aliphatic rings. The third-order valence-corrected chi connectivity index (χ3v) is 4.23. The normalized spacial score (nSPS) is 13.3. The molecule has 5 heteroatoms. The topological polar surface area (TPSA) is 58.9 Å². The molecule has 23 heavy (non-hydrogen) atoms. The zero-order chi connectivity index (χ0) is 16.3. The van der Waals surface area contributed by atoms with Crippen molar-refractivity contribution in [3.8, 4) is 11.5 Å². The van der Waals surface area contributed by atoms with Crippen molar-refractivity contribution < 1.29 is 19.7 Å². The standard InChI is InChI=1S/C18H22O4S/c19-15(11-21-17-7-3-1-4-8-17)13-23-14-16(20)12-22-18-9-5-2-6-10-18/h1-10,15-16,19-20H,11-14H2. The Morgan fingerprint density at radius 1 is 0.696 bits per heavy atom. The van der Waals surface area contributed by atoms with Crippen LogP contribution >= 0.6 is 11.8 Å². The predicted octanol–water partition coefficient (Wildman–Crippen LogP) is 2.60. The molecule has 2 N–H and O–H groups in total. The molecule has 2 atom stereocenters. The van der Waals surface area contributed by atoms with Crippen molar-refractivity contribution in [3.63, 3.8) is 0 Å². The molecule has 0 aliphatic carbocycles. The summed E-state index contributed by atoms with van der Waals surface area (Å²) >= 11 is 1.48. The summed E-state index contributed by atoms with van der Waals surface area (Å²) in [5, 5.41) is 19.7. The summed E-state index contributed by atoms with van der Waals surface area (Å²) in [6, 6.07) is 18.8. The molecule has 0 heterocycles. The van der Waals surface area contributed by atoms with Crippen molar-refractivity contribution in [2.24, 2.45) is 0 Å². The van der Waals surface area contributed by atoms with E-state index in [1.165, 1.54) is 11.8 Å². The minimum absolute atomic E-state index is 0.244. The monoisotopic (exact) mass is 334 g/mol. The van der Waals surface area contributed by atoms with E-state index in [0.29, 0.717) is 11.5 Å². The minimum Gasteiger partial charge on any atom is -0.491 e. The van der Waals surface area contributed by atoms with E-state index in [2.05, 4.69) is 0 Å². The molecule has 2 aromatic carbocycles. The van der Waals surface area contributed by atoms with Crippen LogP contribution in [0.25, 0.3) is 0 Å². The van der Waals surface area contributed by atoms with E-state index in [9.17, 15) is 10.2 Å². The van der Waals surface area contributed by atoms with Gasteiger partial charge in [-0.1, -0.05) is 36.4 Å². The van der Waals surface area contributed by atoms with Crippen LogP contribution in [0.3, 0.4) is 0 Å². The van der Waals surface area contributed by atoms with Crippen molar-refractivity contribution in [2.75, 3.05) is 24.7 Å². The first-order valence-corrected chi connectivity index (χ1v) is 8.69. The molecular formula is C18H22O4S. The zero-order valence-electron chi connectivity index (χ0n) is 12.9. The van der Waals surface area contributed by atoms with Crippen molar-refractivity contribution in [1.29, 1.82) is 0 Å². The highest BCUT2D eigenvalue weighted by molar-refractivity contribution is 7.99. The number of thioether (sulfide) groups is 1. The molecule has 0 amide bonds. The van der Waals surface area contributed by atoms with Crippen LogP contribution in [-0.4, -0.2) is 47.1 Å². The number of ether oxygens (including phenoxy) is 2. The maximum atomic E-state index is 9.87. The summed E-state index contributed by atoms with van der Waals surface area (Å²) in [5.74, 6) is 2.51. The summed E-state index contributed by atoms with van der Waals surface area (Å²) in [5.41, 5.74) is 0. The molecule has 4 nitrogen and oxygen atoms in total. The number of para-hydroxylation sites is 2. The largest absolute Gasteiger partial charge is 0.491 e. The lowest BCUT2D eigenvalue weighted by molar-refractivity contribution is 0.122. The van der Waals surface area contributed by atoms with Crippen LogP contribution in [0, 0.1) is 0 Å². The molecule has 2 aromatic rings. The lowest BCUT2D eigenvalue weighted by atomic mass is 10.3. The van der Waals surface area contributed by atoms with Gasteiger partial charge in [0.1, 0.15) is 24.7 Å². The second-order valence-corrected chi connectivity index (χ2v) is 6.17. The first-order chi connectivity index (χ1) is 11.2. The number of aliphatic hydroxyl groups is 2. The fraction of sp³-hybridized carbons (Fsp3) is 0.333. The Morgan fingerprint density at radius 2 is 1.09 bits per heavy atom. The molecule has 0 radical (unpaired) electrons. The fourth-order valence-corrected chi connectivity index (χ4v) is 2.73. The Balaban J connectivity index is 1.55. The van der Waals surface area contributed by atoms with E-state index in [1.54, 1.807) is 0 Å². The summed E-state index contributed by atoms with van der Waals surface area (Å²) in [7, 11) is 0. The predicted molar refractivity (Wildman–Crippen MR) is 93.2 cm³/mol. The van der Waals surface area contributed by atoms with E-state index in [0.717, 1.165) is 11.5 Å². The summed E-state index contributed by atoms with van der Waals surface area (Å²) in [6.07, 6.45) is -1.13. The van der Waals surface area contributed by atoms with E-state index in [-0.39, 0.29) is 13.2 Å². The molecular weight excluding hydrogens is 312 g/mol. The third kappa shape index (κ3) is 7.41. The van der Waals surface area contributed by atoms with Crippen molar-refractivity contribution >= 4 is 11.8 Å². The number of benzene rings is 2. The Hall–Kier alpha value is -1.69. The van der Waals surface area contributed by atoms with Gasteiger partial charge in [-0.05, 0) is 24.3 Å². The van der Waals surface area contributed by atoms with Gasteiger partial charge in [-0.3, -0.25) is 0 Å². The molecule has 0 saturated carbocycles. The Labute approximate surface area is 141 Å². The number of hydrogen-bond acceptors (Lipinski definition) is 5. The summed E-state index contributed by atoms with van der Waals surface area (Å²) < 4.78 is 11.0. The van der Waals surface area contributed by atoms with Crippen LogP contribution in [-0.2, 0) is 0 Å². The smallest absolute Gasteiger partial charge is 0.119 e. The van der Waals surface area contributed by atoms with Crippen molar-refractivity contribution in [1.82, 2.24) is 0 Å². The van der Waals surface area contributed by atoms with Gasteiger partial charge in [0.15, 0.2) is 0 Å². The van der Waals surface area contributed by atoms with Gasteiger partial charge in [0.25, 0.3) is 0 Å². The van der Waals surface area contributed by atoms with E-state index >= 15 is 0 Å². The third-order valence-electron chi connectivity index (χ3n) is 2.99. The van der Waals surface area contributed by atoms with Crippen LogP contribution in [0.1, 0.15) is 0 Å². The quantitative estimate of drug-likeness (QED) is 0.699. The second kappa shape index (κ2) is 10.2. The van der Waals surface area contributed by atoms with Gasteiger partial charge in [-0.15, -0.1) is 0 Å². The molecule has 0 bridgehead atoms. The van der Waals surface area contributed by atoms with E-state index < -0.39 is 12.2 Å². The molecule has 0 spiro atoms. The number of hydrogen-bond donors (Lipinski definition) is 2. The minimum atomic E-state index is -0.567. The van der Waals surface area contributed by atoms with Gasteiger partial charge in [-0.2, -0.15) is 11.8 Å². The van der Waals surface area contributed by atoms with Gasteiger partial charge in [0, 0.05) is 11.5 Å². The van der Waals surface area contributed by atoms with Crippen LogP contribution in [0.2, 0.25) is 0 Å². The molecule has 0 fully saturated rings. The van der Waals surface area contributed by atoms with E-state index in [4.69, 9.17) is 9.47 Å². The fourth-order valence-electron chi connectivity index (χ4n) is 1.85. The molecule has 0 aliphatic heterocycles. The first kappa shape index (κ1) is 17.7. The Morgan fingerprint density at radius 3 is 1.48 bits per heavy atom. The zero-order valence-corrected chi connectivity index (χ0v) is 13.7. The Bertz CT molecular complexity index is 486. The number of aliphatic hydroxyl groups excluding tert-OH is 2. The average Bonchev–Trinajstić information content (AvgIpc) is 2.60. The van der Waals surface area contributed by atoms with Gasteiger partial charge < -0.3 is 19.7 Å². The SMILES string of the molecule is OC(COc1ccccc1)CSCC(O)COc1ccccc1. The molecule has 0 saturated heterocycles. The van der Waals surface area contributed by atoms with Gasteiger partial charge in [0.05, 0.1) is 12.2 Å². The van der Waals surface area contributed by atoms with Crippen molar-refractivity contribution in [2.45, 2.75) is 12.2 Å². The highest BCUT2D eigenvalue weighted by atomic mass is 32.2. The first-order valence-electron chi connectivity index (χ1n) is 7.53. The van der Waals surface area contributed by atoms with Crippen LogP contribution in [0.4, 0.5) is 0 Å². The van der Waals surface area contributed by atoms with Gasteiger partial charge in [0.2, 0.25) is 0 Å². The molecule has 0 aromatic heterocycles. The van der Waals surface area contributed by atoms with E-state index in [1.807, 2.05) is 60.7 Å². The van der Waals surface area contributed by atoms with Crippen LogP contribution in [0.15, 0.2) is 60.7 Å². The van der Waals surface area contributed by atoms with Crippen LogP contribution < -0.4 is 9.47 Å². The van der Waals surface area contributed by atoms with Gasteiger partial charge in [-0.25, -0.2) is 0 Å². The lowest BCUT2D eigenvalue weighted by Crippen LogP contribution is -2.24. The van der Waals surface area contributed by atoms with Crippen LogP contribution in [0.5, 0.6) is 11.5 Å². The summed E-state index contributed by atoms with van der Waals surface area (Å²) in [4.78, 5) is 0. The summed E-state index contributed by atoms with van der Waals surface area (Å²) in [6.45, 7) is 0.487. The highest BCUT2D eigenvalue weighted by Crippen LogP contribution is 2.12. The highest BCUT2D eigenvalue weighted by Gasteiger charge is 2.09. The molecule has 2 unspecified atom stereocenters.